The number of hydroxylamine groups is 1. The minimum absolute atomic E-state index is 0.0300. The first-order valence-electron chi connectivity index (χ1n) is 12.2. The monoisotopic (exact) mass is 545 g/mol. The number of halogens is 3. The van der Waals surface area contributed by atoms with Crippen molar-refractivity contribution >= 4 is 28.7 Å². The van der Waals surface area contributed by atoms with Gasteiger partial charge in [0.05, 0.1) is 16.4 Å². The van der Waals surface area contributed by atoms with Crippen molar-refractivity contribution in [2.45, 2.75) is 51.4 Å². The highest BCUT2D eigenvalue weighted by atomic mass is 32.1. The molecule has 5 rings (SSSR count). The molecule has 2 aromatic heterocycles. The Morgan fingerprint density at radius 1 is 1.21 bits per heavy atom. The van der Waals surface area contributed by atoms with Crippen molar-refractivity contribution in [2.24, 2.45) is 0 Å². The molecule has 1 fully saturated rings. The molecule has 1 atom stereocenters. The number of aryl methyl sites for hydroxylation is 1. The van der Waals surface area contributed by atoms with Crippen molar-refractivity contribution < 1.29 is 27.6 Å². The first-order chi connectivity index (χ1) is 18.1. The van der Waals surface area contributed by atoms with Crippen LogP contribution in [-0.4, -0.2) is 44.4 Å². The Bertz CT molecular complexity index is 1390. The third-order valence-electron chi connectivity index (χ3n) is 6.81. The average molecular weight is 546 g/mol. The molecule has 0 radical (unpaired) electrons. The number of nitrogens with zero attached hydrogens (tertiary/aromatic N) is 4. The molecule has 1 amide bonds. The molecule has 12 heteroatoms. The van der Waals surface area contributed by atoms with Gasteiger partial charge in [-0.1, -0.05) is 24.3 Å². The number of carbonyl (C=O) groups is 2. The zero-order chi connectivity index (χ0) is 27.0. The normalized spacial score (nSPS) is 18.4. The van der Waals surface area contributed by atoms with Crippen LogP contribution in [0, 0.1) is 6.92 Å². The number of Topliss-reactive ketones (excluding diaryl/α,β-unsaturated/α-hetero) is 1. The Kier molecular flexibility index (Phi) is 7.10. The van der Waals surface area contributed by atoms with E-state index < -0.39 is 18.0 Å². The van der Waals surface area contributed by atoms with Crippen LogP contribution in [0.15, 0.2) is 41.8 Å². The molecule has 1 N–H and O–H groups in total. The lowest BCUT2D eigenvalue weighted by Gasteiger charge is -2.31. The SMILES string of the molecule is CC(=O)c1ccccc1C1C=C(c2csc(C3CCN(C(=O)Cn4nc(C(F)(F)F)cc4C)CC3)n2)NO1. The summed E-state index contributed by atoms with van der Waals surface area (Å²) in [4.78, 5) is 36.9. The first-order valence-corrected chi connectivity index (χ1v) is 13.1. The number of alkyl halides is 3. The largest absolute Gasteiger partial charge is 0.435 e. The third-order valence-corrected chi connectivity index (χ3v) is 7.82. The summed E-state index contributed by atoms with van der Waals surface area (Å²) in [6.45, 7) is 3.81. The van der Waals surface area contributed by atoms with E-state index in [0.29, 0.717) is 37.2 Å². The van der Waals surface area contributed by atoms with E-state index in [4.69, 9.17) is 9.82 Å². The summed E-state index contributed by atoms with van der Waals surface area (Å²) in [6.07, 6.45) is -1.62. The molecule has 200 valence electrons. The Labute approximate surface area is 221 Å². The van der Waals surface area contributed by atoms with Crippen molar-refractivity contribution in [3.05, 3.63) is 75.0 Å². The molecule has 0 aliphatic carbocycles. The first kappa shape index (κ1) is 26.1. The highest BCUT2D eigenvalue weighted by molar-refractivity contribution is 7.09. The van der Waals surface area contributed by atoms with Gasteiger partial charge in [-0.05, 0) is 44.4 Å². The number of aromatic nitrogens is 3. The molecule has 4 heterocycles. The molecule has 8 nitrogen and oxygen atoms in total. The van der Waals surface area contributed by atoms with Crippen LogP contribution >= 0.6 is 11.3 Å². The number of hydrogen-bond acceptors (Lipinski definition) is 7. The fraction of sp³-hybridized carbons (Fsp3) is 0.385. The van der Waals surface area contributed by atoms with E-state index in [1.54, 1.807) is 22.3 Å². The van der Waals surface area contributed by atoms with Crippen LogP contribution in [0.3, 0.4) is 0 Å². The number of rotatable bonds is 6. The highest BCUT2D eigenvalue weighted by Crippen LogP contribution is 2.35. The summed E-state index contributed by atoms with van der Waals surface area (Å²) in [7, 11) is 0. The Morgan fingerprint density at radius 3 is 2.63 bits per heavy atom. The maximum absolute atomic E-state index is 12.9. The van der Waals surface area contributed by atoms with Crippen LogP contribution < -0.4 is 5.48 Å². The number of nitrogens with one attached hydrogen (secondary N) is 1. The minimum atomic E-state index is -4.54. The molecule has 2 aliphatic heterocycles. The molecular weight excluding hydrogens is 519 g/mol. The molecule has 0 saturated carbocycles. The van der Waals surface area contributed by atoms with Crippen LogP contribution in [-0.2, 0) is 22.4 Å². The zero-order valence-corrected chi connectivity index (χ0v) is 21.6. The number of ketones is 1. The van der Waals surface area contributed by atoms with Gasteiger partial charge in [-0.3, -0.25) is 24.6 Å². The second kappa shape index (κ2) is 10.3. The number of hydrogen-bond donors (Lipinski definition) is 1. The second-order valence-electron chi connectivity index (χ2n) is 9.42. The fourth-order valence-corrected chi connectivity index (χ4v) is 5.71. The van der Waals surface area contributed by atoms with Gasteiger partial charge in [0.1, 0.15) is 12.6 Å². The number of piperidine rings is 1. The van der Waals surface area contributed by atoms with Crippen LogP contribution in [0.4, 0.5) is 13.2 Å². The summed E-state index contributed by atoms with van der Waals surface area (Å²) in [5.74, 6) is -0.103. The number of carbonyl (C=O) groups excluding carboxylic acids is 2. The molecule has 3 aromatic rings. The van der Waals surface area contributed by atoms with Gasteiger partial charge >= 0.3 is 6.18 Å². The average Bonchev–Trinajstić information content (AvgIpc) is 3.64. The van der Waals surface area contributed by atoms with Crippen LogP contribution in [0.1, 0.15) is 69.8 Å². The van der Waals surface area contributed by atoms with Gasteiger partial charge in [0.15, 0.2) is 11.5 Å². The van der Waals surface area contributed by atoms with E-state index in [1.165, 1.54) is 13.8 Å². The van der Waals surface area contributed by atoms with E-state index in [1.807, 2.05) is 29.7 Å². The summed E-state index contributed by atoms with van der Waals surface area (Å²) < 4.78 is 39.9. The maximum atomic E-state index is 12.9. The molecule has 38 heavy (non-hydrogen) atoms. The van der Waals surface area contributed by atoms with Crippen molar-refractivity contribution in [1.82, 2.24) is 25.1 Å². The predicted octanol–water partition coefficient (Wildman–Crippen LogP) is 4.89. The van der Waals surface area contributed by atoms with Crippen molar-refractivity contribution in [3.63, 3.8) is 0 Å². The number of amides is 1. The number of thiazole rings is 1. The van der Waals surface area contributed by atoms with E-state index in [-0.39, 0.29) is 24.2 Å². The van der Waals surface area contributed by atoms with E-state index in [9.17, 15) is 22.8 Å². The van der Waals surface area contributed by atoms with Crippen molar-refractivity contribution in [1.29, 1.82) is 0 Å². The summed E-state index contributed by atoms with van der Waals surface area (Å²) in [5, 5.41) is 6.46. The van der Waals surface area contributed by atoms with Gasteiger partial charge in [-0.25, -0.2) is 4.98 Å². The quantitative estimate of drug-likeness (QED) is 0.444. The molecule has 2 aliphatic rings. The molecule has 0 spiro atoms. The van der Waals surface area contributed by atoms with Crippen molar-refractivity contribution in [3.8, 4) is 0 Å². The standard InChI is InChI=1S/C26H26F3N5O3S/c1-15-11-23(26(27,28)29)31-34(15)13-24(36)33-9-7-17(8-10-33)25-30-21(14-38-25)20-12-22(37-32-20)19-6-4-3-5-18(19)16(2)35/h3-6,11-12,14,17,22,32H,7-10,13H2,1-2H3. The van der Waals surface area contributed by atoms with Gasteiger partial charge < -0.3 is 4.90 Å². The van der Waals surface area contributed by atoms with Gasteiger partial charge in [0, 0.05) is 35.6 Å². The van der Waals surface area contributed by atoms with Gasteiger partial charge in [-0.15, -0.1) is 11.3 Å². The van der Waals surface area contributed by atoms with Crippen LogP contribution in [0.2, 0.25) is 0 Å². The fourth-order valence-electron chi connectivity index (χ4n) is 4.71. The Hall–Kier alpha value is -3.51. The predicted molar refractivity (Wildman–Crippen MR) is 134 cm³/mol. The maximum Gasteiger partial charge on any atom is 0.435 e. The molecule has 1 unspecified atom stereocenters. The second-order valence-corrected chi connectivity index (χ2v) is 10.3. The van der Waals surface area contributed by atoms with E-state index >= 15 is 0 Å². The lowest BCUT2D eigenvalue weighted by Crippen LogP contribution is -2.40. The Balaban J connectivity index is 1.19. The minimum Gasteiger partial charge on any atom is -0.341 e. The molecule has 1 aromatic carbocycles. The van der Waals surface area contributed by atoms with Gasteiger partial charge in [0.2, 0.25) is 5.91 Å². The zero-order valence-electron chi connectivity index (χ0n) is 20.8. The number of benzene rings is 1. The Morgan fingerprint density at radius 2 is 1.95 bits per heavy atom. The number of likely N-dealkylation sites (tertiary alicyclic amines) is 1. The lowest BCUT2D eigenvalue weighted by molar-refractivity contribution is -0.142. The molecular formula is C26H26F3N5O3S. The topological polar surface area (TPSA) is 89.4 Å². The van der Waals surface area contributed by atoms with Crippen LogP contribution in [0.25, 0.3) is 5.70 Å². The third kappa shape index (κ3) is 5.37. The summed E-state index contributed by atoms with van der Waals surface area (Å²) in [6, 6.07) is 8.28. The van der Waals surface area contributed by atoms with Crippen LogP contribution in [0.5, 0.6) is 0 Å². The van der Waals surface area contributed by atoms with Gasteiger partial charge in [0.25, 0.3) is 0 Å². The molecule has 1 saturated heterocycles. The smallest absolute Gasteiger partial charge is 0.341 e. The lowest BCUT2D eigenvalue weighted by atomic mass is 9.97. The van der Waals surface area contributed by atoms with E-state index in [0.717, 1.165) is 32.7 Å². The van der Waals surface area contributed by atoms with Crippen molar-refractivity contribution in [2.75, 3.05) is 13.1 Å². The summed E-state index contributed by atoms with van der Waals surface area (Å²) in [5.41, 5.74) is 5.11. The summed E-state index contributed by atoms with van der Waals surface area (Å²) >= 11 is 1.54. The highest BCUT2D eigenvalue weighted by Gasteiger charge is 2.35. The van der Waals surface area contributed by atoms with E-state index in [2.05, 4.69) is 10.6 Å². The molecule has 0 bridgehead atoms. The van der Waals surface area contributed by atoms with Gasteiger partial charge in [-0.2, -0.15) is 18.3 Å².